The fraction of sp³-hybridized carbons (Fsp3) is 0.722. The average Bonchev–Trinajstić information content (AvgIpc) is 3.32. The second-order valence-electron chi connectivity index (χ2n) is 6.79. The maximum Gasteiger partial charge on any atom is 0.219 e. The number of carbonyl (C=O) groups excluding carboxylic acids is 1. The highest BCUT2D eigenvalue weighted by molar-refractivity contribution is 14.0. The van der Waals surface area contributed by atoms with Crippen LogP contribution < -0.4 is 10.2 Å². The summed E-state index contributed by atoms with van der Waals surface area (Å²) in [4.78, 5) is 27.6. The van der Waals surface area contributed by atoms with E-state index < -0.39 is 0 Å². The quantitative estimate of drug-likeness (QED) is 0.376. The Morgan fingerprint density at radius 3 is 2.48 bits per heavy atom. The number of hydrogen-bond acceptors (Lipinski definition) is 5. The minimum Gasteiger partial charge on any atom is -0.357 e. The number of nitrogens with one attached hydrogen (secondary N) is 1. The first-order chi connectivity index (χ1) is 12.7. The van der Waals surface area contributed by atoms with Crippen molar-refractivity contribution in [3.63, 3.8) is 0 Å². The highest BCUT2D eigenvalue weighted by Gasteiger charge is 2.21. The topological polar surface area (TPSA) is 64.1 Å². The molecule has 0 bridgehead atoms. The molecular weight excluding hydrogens is 475 g/mol. The SMILES string of the molecule is CCNC(=NCCc1csc(N2CCCC2)n1)N1CCN(C(C)=O)CC1.I. The van der Waals surface area contributed by atoms with E-state index in [0.29, 0.717) is 0 Å². The van der Waals surface area contributed by atoms with Crippen molar-refractivity contribution in [3.05, 3.63) is 11.1 Å². The van der Waals surface area contributed by atoms with Gasteiger partial charge in [0, 0.05) is 71.1 Å². The number of piperazine rings is 1. The lowest BCUT2D eigenvalue weighted by Crippen LogP contribution is -2.53. The van der Waals surface area contributed by atoms with Crippen molar-refractivity contribution >= 4 is 52.3 Å². The Hall–Kier alpha value is -1.10. The lowest BCUT2D eigenvalue weighted by molar-refractivity contribution is -0.130. The molecule has 0 spiro atoms. The zero-order valence-electron chi connectivity index (χ0n) is 16.3. The molecule has 0 aromatic carbocycles. The van der Waals surface area contributed by atoms with Gasteiger partial charge in [-0.15, -0.1) is 35.3 Å². The van der Waals surface area contributed by atoms with Crippen molar-refractivity contribution in [2.45, 2.75) is 33.1 Å². The van der Waals surface area contributed by atoms with Gasteiger partial charge in [0.2, 0.25) is 5.91 Å². The largest absolute Gasteiger partial charge is 0.357 e. The predicted octanol–water partition coefficient (Wildman–Crippen LogP) is 2.03. The predicted molar refractivity (Wildman–Crippen MR) is 122 cm³/mol. The van der Waals surface area contributed by atoms with E-state index in [1.807, 2.05) is 4.90 Å². The summed E-state index contributed by atoms with van der Waals surface area (Å²) in [6.07, 6.45) is 3.43. The monoisotopic (exact) mass is 506 g/mol. The lowest BCUT2D eigenvalue weighted by atomic mass is 10.3. The van der Waals surface area contributed by atoms with Gasteiger partial charge in [0.25, 0.3) is 0 Å². The van der Waals surface area contributed by atoms with E-state index >= 15 is 0 Å². The first-order valence-corrected chi connectivity index (χ1v) is 10.5. The van der Waals surface area contributed by atoms with Gasteiger partial charge in [0.05, 0.1) is 5.69 Å². The van der Waals surface area contributed by atoms with Crippen LogP contribution >= 0.6 is 35.3 Å². The summed E-state index contributed by atoms with van der Waals surface area (Å²) in [7, 11) is 0. The molecule has 2 aliphatic rings. The number of carbonyl (C=O) groups is 1. The van der Waals surface area contributed by atoms with Gasteiger partial charge in [0.1, 0.15) is 0 Å². The molecule has 0 saturated carbocycles. The Bertz CT molecular complexity index is 623. The third-order valence-electron chi connectivity index (χ3n) is 4.91. The molecule has 27 heavy (non-hydrogen) atoms. The number of aromatic nitrogens is 1. The van der Waals surface area contributed by atoms with E-state index in [4.69, 9.17) is 9.98 Å². The molecule has 1 amide bonds. The number of rotatable bonds is 5. The number of nitrogens with zero attached hydrogens (tertiary/aromatic N) is 5. The molecule has 1 aromatic rings. The van der Waals surface area contributed by atoms with E-state index in [2.05, 4.69) is 27.4 Å². The van der Waals surface area contributed by atoms with Crippen LogP contribution in [0, 0.1) is 0 Å². The molecule has 3 rings (SSSR count). The van der Waals surface area contributed by atoms with Crippen LogP contribution in [0.1, 0.15) is 32.4 Å². The van der Waals surface area contributed by atoms with Gasteiger partial charge in [-0.1, -0.05) is 0 Å². The summed E-state index contributed by atoms with van der Waals surface area (Å²) in [6.45, 7) is 10.8. The number of hydrogen-bond donors (Lipinski definition) is 1. The maximum atomic E-state index is 11.5. The van der Waals surface area contributed by atoms with Crippen LogP contribution in [0.3, 0.4) is 0 Å². The highest BCUT2D eigenvalue weighted by atomic mass is 127. The Labute approximate surface area is 183 Å². The zero-order valence-corrected chi connectivity index (χ0v) is 19.5. The molecule has 0 unspecified atom stereocenters. The van der Waals surface area contributed by atoms with E-state index in [0.717, 1.165) is 75.6 Å². The first-order valence-electron chi connectivity index (χ1n) is 9.65. The number of thiazole rings is 1. The molecule has 7 nitrogen and oxygen atoms in total. The number of anilines is 1. The van der Waals surface area contributed by atoms with Crippen LogP contribution in [0.25, 0.3) is 0 Å². The normalized spacial score (nSPS) is 17.9. The van der Waals surface area contributed by atoms with Crippen LogP contribution in [-0.4, -0.2) is 79.0 Å². The van der Waals surface area contributed by atoms with Crippen LogP contribution in [0.2, 0.25) is 0 Å². The summed E-state index contributed by atoms with van der Waals surface area (Å²) in [5, 5.41) is 6.71. The molecule has 0 aliphatic carbocycles. The van der Waals surface area contributed by atoms with Crippen LogP contribution in [0.5, 0.6) is 0 Å². The average molecular weight is 506 g/mol. The Morgan fingerprint density at radius 2 is 1.85 bits per heavy atom. The summed E-state index contributed by atoms with van der Waals surface area (Å²) in [5.74, 6) is 1.11. The molecular formula is C18H31IN6OS. The van der Waals surface area contributed by atoms with Crippen molar-refractivity contribution < 1.29 is 4.79 Å². The highest BCUT2D eigenvalue weighted by Crippen LogP contribution is 2.24. The lowest BCUT2D eigenvalue weighted by Gasteiger charge is -2.36. The molecule has 2 aliphatic heterocycles. The standard InChI is InChI=1S/C18H30N6OS.HI/c1-3-19-17(23-12-10-22(11-13-23)15(2)25)20-7-6-16-14-26-18(21-16)24-8-4-5-9-24;/h14H,3-13H2,1-2H3,(H,19,20);1H. The third kappa shape index (κ3) is 6.20. The first kappa shape index (κ1) is 22.2. The number of guanidine groups is 1. The summed E-state index contributed by atoms with van der Waals surface area (Å²) < 4.78 is 0. The molecule has 3 heterocycles. The fourth-order valence-corrected chi connectivity index (χ4v) is 4.31. The zero-order chi connectivity index (χ0) is 18.4. The summed E-state index contributed by atoms with van der Waals surface area (Å²) in [6, 6.07) is 0. The number of halogens is 1. The van der Waals surface area contributed by atoms with Crippen LogP contribution in [-0.2, 0) is 11.2 Å². The minimum absolute atomic E-state index is 0. The van der Waals surface area contributed by atoms with Crippen molar-refractivity contribution in [3.8, 4) is 0 Å². The van der Waals surface area contributed by atoms with Gasteiger partial charge in [-0.05, 0) is 19.8 Å². The molecule has 1 N–H and O–H groups in total. The van der Waals surface area contributed by atoms with Gasteiger partial charge in [-0.2, -0.15) is 0 Å². The summed E-state index contributed by atoms with van der Waals surface area (Å²) in [5.41, 5.74) is 1.14. The smallest absolute Gasteiger partial charge is 0.219 e. The van der Waals surface area contributed by atoms with Crippen molar-refractivity contribution in [2.24, 2.45) is 4.99 Å². The second-order valence-corrected chi connectivity index (χ2v) is 7.63. The van der Waals surface area contributed by atoms with E-state index in [1.165, 1.54) is 12.8 Å². The van der Waals surface area contributed by atoms with Gasteiger partial charge in [-0.3, -0.25) is 9.79 Å². The van der Waals surface area contributed by atoms with Gasteiger partial charge in [-0.25, -0.2) is 4.98 Å². The molecule has 0 radical (unpaired) electrons. The molecule has 152 valence electrons. The Morgan fingerprint density at radius 1 is 1.19 bits per heavy atom. The van der Waals surface area contributed by atoms with Gasteiger partial charge in [0.15, 0.2) is 11.1 Å². The molecule has 2 saturated heterocycles. The third-order valence-corrected chi connectivity index (χ3v) is 5.86. The summed E-state index contributed by atoms with van der Waals surface area (Å²) >= 11 is 1.75. The molecule has 2 fully saturated rings. The molecule has 9 heteroatoms. The van der Waals surface area contributed by atoms with Crippen LogP contribution in [0.15, 0.2) is 10.4 Å². The number of amides is 1. The van der Waals surface area contributed by atoms with E-state index in [1.54, 1.807) is 18.3 Å². The Balaban J connectivity index is 0.00000261. The minimum atomic E-state index is 0. The van der Waals surface area contributed by atoms with Crippen molar-refractivity contribution in [1.82, 2.24) is 20.1 Å². The maximum absolute atomic E-state index is 11.5. The van der Waals surface area contributed by atoms with Gasteiger partial charge < -0.3 is 20.0 Å². The van der Waals surface area contributed by atoms with E-state index in [-0.39, 0.29) is 29.9 Å². The van der Waals surface area contributed by atoms with E-state index in [9.17, 15) is 4.79 Å². The second kappa shape index (κ2) is 11.0. The number of aliphatic imine (C=N–C) groups is 1. The fourth-order valence-electron chi connectivity index (χ4n) is 3.40. The molecule has 1 aromatic heterocycles. The van der Waals surface area contributed by atoms with Crippen LogP contribution in [0.4, 0.5) is 5.13 Å². The van der Waals surface area contributed by atoms with Gasteiger partial charge >= 0.3 is 0 Å². The molecule has 0 atom stereocenters. The van der Waals surface area contributed by atoms with Crippen molar-refractivity contribution in [1.29, 1.82) is 0 Å². The van der Waals surface area contributed by atoms with Crippen molar-refractivity contribution in [2.75, 3.05) is 57.3 Å². The Kier molecular flexibility index (Phi) is 9.07.